The van der Waals surface area contributed by atoms with Gasteiger partial charge in [0.15, 0.2) is 0 Å². The lowest BCUT2D eigenvalue weighted by molar-refractivity contribution is 1.41. The van der Waals surface area contributed by atoms with Crippen LogP contribution in [-0.2, 0) is 0 Å². The summed E-state index contributed by atoms with van der Waals surface area (Å²) < 4.78 is 0. The first-order chi connectivity index (χ1) is 9.72. The van der Waals surface area contributed by atoms with Gasteiger partial charge in [-0.25, -0.2) is 4.98 Å². The molecule has 0 amide bonds. The second kappa shape index (κ2) is 5.17. The van der Waals surface area contributed by atoms with Crippen LogP contribution in [0.1, 0.15) is 12.5 Å². The van der Waals surface area contributed by atoms with E-state index in [1.54, 1.807) is 0 Å². The van der Waals surface area contributed by atoms with Gasteiger partial charge in [0.1, 0.15) is 5.82 Å². The Bertz CT molecular complexity index is 777. The molecule has 98 valence electrons. The Morgan fingerprint density at radius 3 is 2.70 bits per heavy atom. The summed E-state index contributed by atoms with van der Waals surface area (Å²) in [6.45, 7) is 2.09. The maximum absolute atomic E-state index is 5.71. The van der Waals surface area contributed by atoms with Gasteiger partial charge in [0, 0.05) is 5.39 Å². The van der Waals surface area contributed by atoms with Crippen molar-refractivity contribution in [1.82, 2.24) is 4.98 Å². The van der Waals surface area contributed by atoms with Crippen molar-refractivity contribution in [3.8, 4) is 0 Å². The highest BCUT2D eigenvalue weighted by Gasteiger charge is 2.01. The molecule has 0 aliphatic heterocycles. The molecule has 20 heavy (non-hydrogen) atoms. The van der Waals surface area contributed by atoms with Crippen LogP contribution in [0.2, 0.25) is 0 Å². The smallest absolute Gasteiger partial charge is 0.124 e. The molecular weight excluding hydrogens is 244 g/mol. The minimum atomic E-state index is 0.555. The Hall–Kier alpha value is -2.61. The van der Waals surface area contributed by atoms with Gasteiger partial charge < -0.3 is 5.73 Å². The van der Waals surface area contributed by atoms with E-state index < -0.39 is 0 Å². The zero-order chi connectivity index (χ0) is 13.9. The standard InChI is InChI=1S/C18H16N2/c1-13-4-2-6-14(7-3-5-13)15-8-10-17-16(12-15)9-11-18(19)20-17/h2-12H,1H3,(H2,19,20). The van der Waals surface area contributed by atoms with E-state index in [0.29, 0.717) is 5.82 Å². The first kappa shape index (κ1) is 12.4. The molecule has 0 unspecified atom stereocenters. The Balaban J connectivity index is 2.04. The summed E-state index contributed by atoms with van der Waals surface area (Å²) in [7, 11) is 0. The van der Waals surface area contributed by atoms with Crippen molar-refractivity contribution in [3.63, 3.8) is 0 Å². The topological polar surface area (TPSA) is 38.9 Å². The number of nitrogen functional groups attached to an aromatic ring is 1. The van der Waals surface area contributed by atoms with Crippen molar-refractivity contribution in [3.05, 3.63) is 77.9 Å². The predicted octanol–water partition coefficient (Wildman–Crippen LogP) is 4.27. The van der Waals surface area contributed by atoms with Gasteiger partial charge >= 0.3 is 0 Å². The van der Waals surface area contributed by atoms with Crippen LogP contribution in [0.25, 0.3) is 16.5 Å². The molecule has 0 bridgehead atoms. The molecule has 1 aromatic heterocycles. The van der Waals surface area contributed by atoms with Crippen LogP contribution in [0, 0.1) is 0 Å². The summed E-state index contributed by atoms with van der Waals surface area (Å²) in [4.78, 5) is 4.32. The van der Waals surface area contributed by atoms with E-state index in [4.69, 9.17) is 5.73 Å². The SMILES string of the molecule is CC1=CC=CC(c2ccc3nc(N)ccc3c2)=CC=C1. The van der Waals surface area contributed by atoms with Gasteiger partial charge in [0.2, 0.25) is 0 Å². The van der Waals surface area contributed by atoms with Crippen LogP contribution in [0.4, 0.5) is 5.82 Å². The summed E-state index contributed by atoms with van der Waals surface area (Å²) in [5.41, 5.74) is 10.2. The number of hydrogen-bond donors (Lipinski definition) is 1. The molecule has 1 aromatic carbocycles. The van der Waals surface area contributed by atoms with Crippen LogP contribution < -0.4 is 5.73 Å². The summed E-state index contributed by atoms with van der Waals surface area (Å²) >= 11 is 0. The van der Waals surface area contributed by atoms with Gasteiger partial charge in [-0.1, -0.05) is 48.1 Å². The second-order valence-electron chi connectivity index (χ2n) is 4.89. The number of nitrogens with zero attached hydrogens (tertiary/aromatic N) is 1. The maximum Gasteiger partial charge on any atom is 0.124 e. The molecule has 0 radical (unpaired) electrons. The van der Waals surface area contributed by atoms with Crippen molar-refractivity contribution in [2.75, 3.05) is 5.73 Å². The largest absolute Gasteiger partial charge is 0.384 e. The molecule has 0 saturated heterocycles. The molecule has 0 atom stereocenters. The van der Waals surface area contributed by atoms with Crippen molar-refractivity contribution in [2.45, 2.75) is 6.92 Å². The van der Waals surface area contributed by atoms with E-state index in [1.165, 1.54) is 16.7 Å². The zero-order valence-corrected chi connectivity index (χ0v) is 11.4. The van der Waals surface area contributed by atoms with E-state index in [1.807, 2.05) is 18.2 Å². The number of benzene rings is 1. The summed E-state index contributed by atoms with van der Waals surface area (Å²) in [6.07, 6.45) is 12.6. The van der Waals surface area contributed by atoms with E-state index >= 15 is 0 Å². The van der Waals surface area contributed by atoms with Crippen LogP contribution in [0.15, 0.2) is 72.4 Å². The predicted molar refractivity (Wildman–Crippen MR) is 86.2 cm³/mol. The molecule has 2 aromatic rings. The first-order valence-corrected chi connectivity index (χ1v) is 6.62. The number of anilines is 1. The van der Waals surface area contributed by atoms with Gasteiger partial charge in [0.25, 0.3) is 0 Å². The van der Waals surface area contributed by atoms with Gasteiger partial charge in [-0.15, -0.1) is 0 Å². The summed E-state index contributed by atoms with van der Waals surface area (Å²) in [5.74, 6) is 0.555. The van der Waals surface area contributed by atoms with Crippen LogP contribution in [0.5, 0.6) is 0 Å². The van der Waals surface area contributed by atoms with E-state index in [9.17, 15) is 0 Å². The number of rotatable bonds is 1. The van der Waals surface area contributed by atoms with E-state index in [2.05, 4.69) is 60.5 Å². The van der Waals surface area contributed by atoms with Gasteiger partial charge in [-0.3, -0.25) is 0 Å². The number of hydrogen-bond acceptors (Lipinski definition) is 2. The molecule has 0 saturated carbocycles. The number of aromatic nitrogens is 1. The van der Waals surface area contributed by atoms with Gasteiger partial charge in [-0.05, 0) is 42.3 Å². The van der Waals surface area contributed by atoms with Gasteiger partial charge in [0.05, 0.1) is 5.52 Å². The number of nitrogens with two attached hydrogens (primary N) is 1. The highest BCUT2D eigenvalue weighted by molar-refractivity contribution is 5.86. The molecule has 2 heteroatoms. The third-order valence-corrected chi connectivity index (χ3v) is 3.31. The van der Waals surface area contributed by atoms with Crippen molar-refractivity contribution >= 4 is 22.3 Å². The summed E-state index contributed by atoms with van der Waals surface area (Å²) in [5, 5.41) is 1.10. The average molecular weight is 260 g/mol. The zero-order valence-electron chi connectivity index (χ0n) is 11.4. The molecule has 1 aliphatic carbocycles. The Morgan fingerprint density at radius 1 is 0.950 bits per heavy atom. The maximum atomic E-state index is 5.71. The Morgan fingerprint density at radius 2 is 1.80 bits per heavy atom. The van der Waals surface area contributed by atoms with Crippen molar-refractivity contribution < 1.29 is 0 Å². The molecule has 2 N–H and O–H groups in total. The molecule has 3 rings (SSSR count). The van der Waals surface area contributed by atoms with Crippen molar-refractivity contribution in [1.29, 1.82) is 0 Å². The quantitative estimate of drug-likeness (QED) is 0.831. The monoisotopic (exact) mass is 260 g/mol. The minimum Gasteiger partial charge on any atom is -0.384 e. The molecule has 1 aliphatic rings. The van der Waals surface area contributed by atoms with Crippen LogP contribution >= 0.6 is 0 Å². The molecule has 0 fully saturated rings. The normalized spacial score (nSPS) is 14.7. The fraction of sp³-hybridized carbons (Fsp3) is 0.0556. The highest BCUT2D eigenvalue weighted by atomic mass is 14.8. The fourth-order valence-corrected chi connectivity index (χ4v) is 2.23. The average Bonchev–Trinajstić information content (AvgIpc) is 2.42. The molecule has 1 heterocycles. The van der Waals surface area contributed by atoms with E-state index in [0.717, 1.165) is 10.9 Å². The molecule has 0 spiro atoms. The Kier molecular flexibility index (Phi) is 3.21. The Labute approximate surface area is 118 Å². The minimum absolute atomic E-state index is 0.555. The number of allylic oxidation sites excluding steroid dienone is 8. The summed E-state index contributed by atoms with van der Waals surface area (Å²) in [6, 6.07) is 10.1. The van der Waals surface area contributed by atoms with Gasteiger partial charge in [-0.2, -0.15) is 0 Å². The number of fused-ring (bicyclic) bond motifs is 1. The van der Waals surface area contributed by atoms with E-state index in [-0.39, 0.29) is 0 Å². The van der Waals surface area contributed by atoms with Crippen LogP contribution in [-0.4, -0.2) is 4.98 Å². The highest BCUT2D eigenvalue weighted by Crippen LogP contribution is 2.23. The lowest BCUT2D eigenvalue weighted by Crippen LogP contribution is -1.90. The molecular formula is C18H16N2. The second-order valence-corrected chi connectivity index (χ2v) is 4.89. The van der Waals surface area contributed by atoms with Crippen LogP contribution in [0.3, 0.4) is 0 Å². The number of pyridine rings is 1. The molecule has 2 nitrogen and oxygen atoms in total. The third-order valence-electron chi connectivity index (χ3n) is 3.31. The van der Waals surface area contributed by atoms with Crippen molar-refractivity contribution in [2.24, 2.45) is 0 Å². The lowest BCUT2D eigenvalue weighted by Gasteiger charge is -2.06. The first-order valence-electron chi connectivity index (χ1n) is 6.62. The lowest BCUT2D eigenvalue weighted by atomic mass is 10.0. The third kappa shape index (κ3) is 2.54. The fourth-order valence-electron chi connectivity index (χ4n) is 2.23.